The molecule has 0 radical (unpaired) electrons. The number of nitrogens with two attached hydrogens (primary N) is 1. The van der Waals surface area contributed by atoms with E-state index in [4.69, 9.17) is 22.1 Å². The molecule has 5 amide bonds. The van der Waals surface area contributed by atoms with Gasteiger partial charge in [-0.05, 0) is 45.0 Å². The topological polar surface area (TPSA) is 126 Å². The van der Waals surface area contributed by atoms with Gasteiger partial charge in [0, 0.05) is 12.4 Å². The zero-order chi connectivity index (χ0) is 31.5. The molecule has 1 unspecified atom stereocenters. The summed E-state index contributed by atoms with van der Waals surface area (Å²) < 4.78 is 76.1. The molecule has 1 saturated heterocycles. The average Bonchev–Trinajstić information content (AvgIpc) is 3.45. The van der Waals surface area contributed by atoms with Crippen LogP contribution in [0.3, 0.4) is 0 Å². The van der Waals surface area contributed by atoms with E-state index in [0.717, 1.165) is 25.2 Å². The van der Waals surface area contributed by atoms with Gasteiger partial charge < -0.3 is 15.4 Å². The summed E-state index contributed by atoms with van der Waals surface area (Å²) in [6.07, 6.45) is -6.22. The minimum absolute atomic E-state index is 0.251. The van der Waals surface area contributed by atoms with E-state index in [-0.39, 0.29) is 9.71 Å². The first kappa shape index (κ1) is 30.9. The number of halogens is 6. The van der Waals surface area contributed by atoms with Crippen molar-refractivity contribution in [1.29, 1.82) is 0 Å². The highest BCUT2D eigenvalue weighted by atomic mass is 35.5. The molecule has 3 aromatic rings. The third kappa shape index (κ3) is 5.68. The average molecular weight is 634 g/mol. The van der Waals surface area contributed by atoms with Crippen LogP contribution >= 0.6 is 22.9 Å². The highest BCUT2D eigenvalue weighted by Gasteiger charge is 2.49. The molecule has 10 nitrogen and oxygen atoms in total. The zero-order valence-corrected chi connectivity index (χ0v) is 23.7. The normalized spacial score (nSPS) is 15.9. The SMILES string of the molecule is CN(C(=O)C1CN(C(=O)OC(C)(C)C)C(=O)N1c1cc(C(F)(F)F)c2cc(C(N)=O)sc2n1)c1ccc(F)c(Cl)c1F. The summed E-state index contributed by atoms with van der Waals surface area (Å²) in [5.74, 6) is -5.24. The molecule has 1 fully saturated rings. The van der Waals surface area contributed by atoms with Gasteiger partial charge in [-0.3, -0.25) is 14.5 Å². The summed E-state index contributed by atoms with van der Waals surface area (Å²) in [6.45, 7) is 3.77. The predicted octanol–water partition coefficient (Wildman–Crippen LogP) is 5.55. The van der Waals surface area contributed by atoms with E-state index in [1.807, 2.05) is 0 Å². The number of anilines is 2. The number of carbonyl (C=O) groups is 4. The lowest BCUT2D eigenvalue weighted by atomic mass is 10.1. The van der Waals surface area contributed by atoms with Gasteiger partial charge in [-0.1, -0.05) is 11.6 Å². The minimum atomic E-state index is -5.01. The fraction of sp³-hybridized carbons (Fsp3) is 0.320. The lowest BCUT2D eigenvalue weighted by molar-refractivity contribution is -0.136. The summed E-state index contributed by atoms with van der Waals surface area (Å²) in [5, 5.41) is -1.41. The van der Waals surface area contributed by atoms with E-state index in [1.54, 1.807) is 0 Å². The maximum Gasteiger partial charge on any atom is 0.418 e. The molecule has 0 spiro atoms. The van der Waals surface area contributed by atoms with Crippen molar-refractivity contribution in [2.75, 3.05) is 23.4 Å². The standard InChI is InChI=1S/C25H21ClF5N5O5S/c1-24(2,3)41-23(40)35-9-14(21(38)34(4)13-6-5-12(27)17(26)18(13)28)36(22(35)39)16-8-11(25(29,30)31)10-7-15(19(32)37)42-20(10)33-16/h5-8,14H,9H2,1-4H3,(H2,32,37). The predicted molar refractivity (Wildman–Crippen MR) is 143 cm³/mol. The minimum Gasteiger partial charge on any atom is -0.443 e. The lowest BCUT2D eigenvalue weighted by Gasteiger charge is -2.27. The maximum atomic E-state index is 14.8. The van der Waals surface area contributed by atoms with Crippen LogP contribution in [-0.2, 0) is 15.7 Å². The van der Waals surface area contributed by atoms with E-state index < -0.39 is 87.4 Å². The molecule has 1 aliphatic rings. The molecule has 1 atom stereocenters. The van der Waals surface area contributed by atoms with Crippen molar-refractivity contribution in [2.45, 2.75) is 38.6 Å². The quantitative estimate of drug-likeness (QED) is 0.296. The van der Waals surface area contributed by atoms with Gasteiger partial charge in [0.2, 0.25) is 0 Å². The third-order valence-corrected chi connectivity index (χ3v) is 7.39. The number of imide groups is 1. The number of ether oxygens (including phenoxy) is 1. The number of likely N-dealkylation sites (N-methyl/N-ethyl adjacent to an activating group) is 1. The molecular formula is C25H21ClF5N5O5S. The van der Waals surface area contributed by atoms with E-state index >= 15 is 0 Å². The van der Waals surface area contributed by atoms with Gasteiger partial charge in [0.05, 0.1) is 22.7 Å². The number of carbonyl (C=O) groups excluding carboxylic acids is 4. The second kappa shape index (κ2) is 10.7. The number of hydrogen-bond donors (Lipinski definition) is 1. The van der Waals surface area contributed by atoms with Gasteiger partial charge in [0.1, 0.15) is 33.1 Å². The fourth-order valence-corrected chi connectivity index (χ4v) is 5.17. The molecule has 0 bridgehead atoms. The largest absolute Gasteiger partial charge is 0.443 e. The molecule has 0 aliphatic carbocycles. The van der Waals surface area contributed by atoms with Crippen LogP contribution in [0.1, 0.15) is 36.0 Å². The van der Waals surface area contributed by atoms with Crippen LogP contribution in [0.5, 0.6) is 0 Å². The molecule has 0 saturated carbocycles. The lowest BCUT2D eigenvalue weighted by Crippen LogP contribution is -2.47. The van der Waals surface area contributed by atoms with Gasteiger partial charge in [-0.15, -0.1) is 11.3 Å². The van der Waals surface area contributed by atoms with Crippen LogP contribution in [0.15, 0.2) is 24.3 Å². The van der Waals surface area contributed by atoms with Gasteiger partial charge in [-0.25, -0.2) is 28.3 Å². The number of thiophene rings is 1. The molecular weight excluding hydrogens is 613 g/mol. The highest BCUT2D eigenvalue weighted by molar-refractivity contribution is 7.20. The monoisotopic (exact) mass is 633 g/mol. The first-order chi connectivity index (χ1) is 19.3. The Morgan fingerprint density at radius 2 is 1.81 bits per heavy atom. The summed E-state index contributed by atoms with van der Waals surface area (Å²) in [6, 6.07) is 0.0435. The Kier molecular flexibility index (Phi) is 7.84. The van der Waals surface area contributed by atoms with E-state index in [1.165, 1.54) is 20.8 Å². The van der Waals surface area contributed by atoms with E-state index in [0.29, 0.717) is 32.1 Å². The molecule has 1 aromatic carbocycles. The number of alkyl halides is 3. The number of fused-ring (bicyclic) bond motifs is 1. The Hall–Kier alpha value is -4.05. The van der Waals surface area contributed by atoms with Crippen LogP contribution < -0.4 is 15.5 Å². The number of benzene rings is 1. The summed E-state index contributed by atoms with van der Waals surface area (Å²) in [5.41, 5.74) is 2.31. The molecule has 42 heavy (non-hydrogen) atoms. The van der Waals surface area contributed by atoms with E-state index in [9.17, 15) is 41.1 Å². The summed E-state index contributed by atoms with van der Waals surface area (Å²) in [7, 11) is 1.06. The van der Waals surface area contributed by atoms with Gasteiger partial charge in [0.15, 0.2) is 5.82 Å². The zero-order valence-electron chi connectivity index (χ0n) is 22.2. The number of amides is 5. The summed E-state index contributed by atoms with van der Waals surface area (Å²) in [4.78, 5) is 56.9. The Bertz CT molecular complexity index is 1640. The second-order valence-electron chi connectivity index (χ2n) is 10.1. The van der Waals surface area contributed by atoms with Crippen LogP contribution in [-0.4, -0.2) is 59.1 Å². The molecule has 2 N–H and O–H groups in total. The van der Waals surface area contributed by atoms with E-state index in [2.05, 4.69) is 4.98 Å². The van der Waals surface area contributed by atoms with Crippen LogP contribution in [0, 0.1) is 11.6 Å². The number of pyridine rings is 1. The number of aromatic nitrogens is 1. The number of urea groups is 1. The fourth-order valence-electron chi connectivity index (χ4n) is 4.11. The maximum absolute atomic E-state index is 14.8. The van der Waals surface area contributed by atoms with Gasteiger partial charge in [-0.2, -0.15) is 13.2 Å². The highest BCUT2D eigenvalue weighted by Crippen LogP contribution is 2.41. The molecule has 2 aromatic heterocycles. The Morgan fingerprint density at radius 3 is 2.38 bits per heavy atom. The van der Waals surface area contributed by atoms with Crippen LogP contribution in [0.4, 0.5) is 43.0 Å². The third-order valence-electron chi connectivity index (χ3n) is 6.00. The van der Waals surface area contributed by atoms with Gasteiger partial charge in [0.25, 0.3) is 11.8 Å². The second-order valence-corrected chi connectivity index (χ2v) is 11.5. The van der Waals surface area contributed by atoms with Crippen molar-refractivity contribution in [1.82, 2.24) is 9.88 Å². The molecule has 4 rings (SSSR count). The van der Waals surface area contributed by atoms with Crippen molar-refractivity contribution in [3.63, 3.8) is 0 Å². The molecule has 224 valence electrons. The smallest absolute Gasteiger partial charge is 0.418 e. The number of hydrogen-bond acceptors (Lipinski definition) is 7. The van der Waals surface area contributed by atoms with Crippen LogP contribution in [0.25, 0.3) is 10.2 Å². The van der Waals surface area contributed by atoms with Crippen molar-refractivity contribution < 1.29 is 45.9 Å². The first-order valence-electron chi connectivity index (χ1n) is 11.9. The summed E-state index contributed by atoms with van der Waals surface area (Å²) >= 11 is 6.15. The Morgan fingerprint density at radius 1 is 1.17 bits per heavy atom. The molecule has 3 heterocycles. The van der Waals surface area contributed by atoms with Crippen LogP contribution in [0.2, 0.25) is 5.02 Å². The van der Waals surface area contributed by atoms with Gasteiger partial charge >= 0.3 is 18.3 Å². The Balaban J connectivity index is 1.88. The number of nitrogens with zero attached hydrogens (tertiary/aromatic N) is 4. The van der Waals surface area contributed by atoms with Crippen molar-refractivity contribution in [3.05, 3.63) is 51.4 Å². The number of primary amides is 1. The van der Waals surface area contributed by atoms with Crippen molar-refractivity contribution in [2.24, 2.45) is 5.73 Å². The molecule has 1 aliphatic heterocycles. The molecule has 17 heteroatoms. The van der Waals surface area contributed by atoms with Crippen molar-refractivity contribution >= 4 is 68.6 Å². The first-order valence-corrected chi connectivity index (χ1v) is 13.1. The van der Waals surface area contributed by atoms with Crippen molar-refractivity contribution in [3.8, 4) is 0 Å². The Labute approximate surface area is 243 Å². The number of rotatable bonds is 4.